The summed E-state index contributed by atoms with van der Waals surface area (Å²) in [6.07, 6.45) is 0. The summed E-state index contributed by atoms with van der Waals surface area (Å²) >= 11 is 0. The van der Waals surface area contributed by atoms with Crippen LogP contribution in [0.4, 0.5) is 0 Å². The Balaban J connectivity index is 3.08. The molecule has 0 amide bonds. The molecule has 0 atom stereocenters. The predicted octanol–water partition coefficient (Wildman–Crippen LogP) is 6.36. The first kappa shape index (κ1) is 17.5. The number of hydrogen-bond donors (Lipinski definition) is 0. The van der Waals surface area contributed by atoms with Crippen molar-refractivity contribution < 1.29 is 4.52 Å². The van der Waals surface area contributed by atoms with Crippen LogP contribution in [0, 0.1) is 0 Å². The molecule has 1 aromatic rings. The molecule has 2 heteroatoms. The standard InChI is InChI=1S/C18H31OP/c1-16(2,3)14-11-10-12-15(13-14)19-20(17(4,5)6)18(7,8)9/h10-13H,1-9H3. The van der Waals surface area contributed by atoms with Crippen molar-refractivity contribution in [2.75, 3.05) is 0 Å². The van der Waals surface area contributed by atoms with Crippen LogP contribution < -0.4 is 4.52 Å². The Kier molecular flexibility index (Phi) is 4.97. The van der Waals surface area contributed by atoms with Gasteiger partial charge in [-0.2, -0.15) is 0 Å². The molecule has 0 unspecified atom stereocenters. The van der Waals surface area contributed by atoms with Crippen molar-refractivity contribution in [2.24, 2.45) is 0 Å². The monoisotopic (exact) mass is 294 g/mol. The molecule has 0 spiro atoms. The Hall–Kier alpha value is -0.550. The zero-order chi connectivity index (χ0) is 15.8. The molecule has 0 fully saturated rings. The Bertz CT molecular complexity index is 430. The first-order valence-electron chi connectivity index (χ1n) is 7.41. The quantitative estimate of drug-likeness (QED) is 0.577. The van der Waals surface area contributed by atoms with Gasteiger partial charge >= 0.3 is 0 Å². The van der Waals surface area contributed by atoms with E-state index in [1.54, 1.807) is 0 Å². The van der Waals surface area contributed by atoms with Gasteiger partial charge in [0, 0.05) is 10.3 Å². The SMILES string of the molecule is CC(C)(C)c1cccc(OP(C(C)(C)C)C(C)(C)C)c1. The second-order valence-electron chi connectivity index (χ2n) is 8.51. The zero-order valence-corrected chi connectivity index (χ0v) is 15.6. The molecule has 0 aromatic heterocycles. The third-order valence-electron chi connectivity index (χ3n) is 3.12. The molecule has 0 N–H and O–H groups in total. The first-order valence-corrected chi connectivity index (χ1v) is 8.66. The van der Waals surface area contributed by atoms with E-state index < -0.39 is 8.15 Å². The summed E-state index contributed by atoms with van der Waals surface area (Å²) in [5, 5.41) is 0.344. The van der Waals surface area contributed by atoms with E-state index >= 15 is 0 Å². The fraction of sp³-hybridized carbons (Fsp3) is 0.667. The Labute approximate surface area is 127 Å². The maximum Gasteiger partial charge on any atom is 0.123 e. The molecule has 0 heterocycles. The molecule has 0 aliphatic rings. The van der Waals surface area contributed by atoms with E-state index in [4.69, 9.17) is 4.52 Å². The molecule has 0 bridgehead atoms. The molecule has 1 rings (SSSR count). The van der Waals surface area contributed by atoms with Crippen molar-refractivity contribution in [3.8, 4) is 5.75 Å². The maximum atomic E-state index is 6.44. The van der Waals surface area contributed by atoms with Crippen LogP contribution in [0.3, 0.4) is 0 Å². The van der Waals surface area contributed by atoms with E-state index in [9.17, 15) is 0 Å². The fourth-order valence-corrected chi connectivity index (χ4v) is 5.29. The van der Waals surface area contributed by atoms with Crippen molar-refractivity contribution in [3.63, 3.8) is 0 Å². The minimum Gasteiger partial charge on any atom is -0.473 e. The lowest BCUT2D eigenvalue weighted by molar-refractivity contribution is 0.527. The molecule has 114 valence electrons. The number of benzene rings is 1. The van der Waals surface area contributed by atoms with Gasteiger partial charge < -0.3 is 4.52 Å². The molecule has 0 radical (unpaired) electrons. The lowest BCUT2D eigenvalue weighted by atomic mass is 9.87. The van der Waals surface area contributed by atoms with Crippen LogP contribution in [0.25, 0.3) is 0 Å². The second-order valence-corrected chi connectivity index (χ2v) is 12.0. The summed E-state index contributed by atoms with van der Waals surface area (Å²) < 4.78 is 6.44. The van der Waals surface area contributed by atoms with Crippen molar-refractivity contribution >= 4 is 8.15 Å². The fourth-order valence-electron chi connectivity index (χ4n) is 2.40. The van der Waals surface area contributed by atoms with E-state index in [2.05, 4.69) is 86.6 Å². The topological polar surface area (TPSA) is 9.23 Å². The minimum atomic E-state index is -0.567. The molecule has 1 aromatic carbocycles. The largest absolute Gasteiger partial charge is 0.473 e. The average Bonchev–Trinajstić information content (AvgIpc) is 2.22. The van der Waals surface area contributed by atoms with Crippen molar-refractivity contribution in [1.29, 1.82) is 0 Å². The molecule has 0 aliphatic carbocycles. The van der Waals surface area contributed by atoms with Crippen LogP contribution in [-0.4, -0.2) is 10.3 Å². The molecule has 0 aliphatic heterocycles. The Morgan fingerprint density at radius 1 is 0.800 bits per heavy atom. The molecule has 0 saturated carbocycles. The number of rotatable bonds is 2. The minimum absolute atomic E-state index is 0.158. The van der Waals surface area contributed by atoms with Gasteiger partial charge in [-0.1, -0.05) is 74.4 Å². The van der Waals surface area contributed by atoms with Crippen LogP contribution in [0.5, 0.6) is 5.75 Å². The van der Waals surface area contributed by atoms with E-state index in [1.807, 2.05) is 0 Å². The van der Waals surface area contributed by atoms with Crippen LogP contribution >= 0.6 is 8.15 Å². The Morgan fingerprint density at radius 3 is 1.70 bits per heavy atom. The van der Waals surface area contributed by atoms with Gasteiger partial charge in [-0.3, -0.25) is 0 Å². The van der Waals surface area contributed by atoms with Gasteiger partial charge in [0.05, 0.1) is 8.15 Å². The van der Waals surface area contributed by atoms with Crippen LogP contribution in [-0.2, 0) is 5.41 Å². The highest BCUT2D eigenvalue weighted by atomic mass is 31.1. The summed E-state index contributed by atoms with van der Waals surface area (Å²) in [5.41, 5.74) is 1.48. The third-order valence-corrected chi connectivity index (χ3v) is 5.95. The lowest BCUT2D eigenvalue weighted by Gasteiger charge is -2.40. The van der Waals surface area contributed by atoms with Crippen LogP contribution in [0.2, 0.25) is 0 Å². The summed E-state index contributed by atoms with van der Waals surface area (Å²) in [4.78, 5) is 0. The summed E-state index contributed by atoms with van der Waals surface area (Å²) in [5.74, 6) is 1.01. The van der Waals surface area contributed by atoms with E-state index in [0.29, 0.717) is 0 Å². The summed E-state index contributed by atoms with van der Waals surface area (Å²) in [7, 11) is -0.567. The first-order chi connectivity index (χ1) is 8.82. The van der Waals surface area contributed by atoms with Gasteiger partial charge in [0.25, 0.3) is 0 Å². The molecule has 1 nitrogen and oxygen atoms in total. The van der Waals surface area contributed by atoms with Gasteiger partial charge in [-0.15, -0.1) is 0 Å². The predicted molar refractivity (Wildman–Crippen MR) is 92.2 cm³/mol. The normalized spacial score (nSPS) is 13.7. The van der Waals surface area contributed by atoms with Gasteiger partial charge in [0.15, 0.2) is 0 Å². The number of hydrogen-bond acceptors (Lipinski definition) is 1. The molecular weight excluding hydrogens is 263 g/mol. The molecule has 0 saturated heterocycles. The van der Waals surface area contributed by atoms with Gasteiger partial charge in [-0.25, -0.2) is 0 Å². The third kappa shape index (κ3) is 4.77. The van der Waals surface area contributed by atoms with E-state index in [0.717, 1.165) is 5.75 Å². The highest BCUT2D eigenvalue weighted by Gasteiger charge is 2.37. The van der Waals surface area contributed by atoms with Crippen molar-refractivity contribution in [1.82, 2.24) is 0 Å². The average molecular weight is 294 g/mol. The van der Waals surface area contributed by atoms with Gasteiger partial charge in [-0.05, 0) is 23.1 Å². The smallest absolute Gasteiger partial charge is 0.123 e. The van der Waals surface area contributed by atoms with Crippen molar-refractivity contribution in [2.45, 2.75) is 78.0 Å². The van der Waals surface area contributed by atoms with Gasteiger partial charge in [0.1, 0.15) is 5.75 Å². The molecular formula is C18H31OP. The Morgan fingerprint density at radius 2 is 1.30 bits per heavy atom. The summed E-state index contributed by atoms with van der Waals surface area (Å²) in [6, 6.07) is 8.58. The van der Waals surface area contributed by atoms with Crippen LogP contribution in [0.15, 0.2) is 24.3 Å². The second kappa shape index (κ2) is 5.68. The zero-order valence-electron chi connectivity index (χ0n) is 14.7. The van der Waals surface area contributed by atoms with E-state index in [1.165, 1.54) is 5.56 Å². The van der Waals surface area contributed by atoms with Crippen LogP contribution in [0.1, 0.15) is 67.9 Å². The van der Waals surface area contributed by atoms with Gasteiger partial charge in [0.2, 0.25) is 0 Å². The summed E-state index contributed by atoms with van der Waals surface area (Å²) in [6.45, 7) is 20.4. The van der Waals surface area contributed by atoms with E-state index in [-0.39, 0.29) is 15.7 Å². The highest BCUT2D eigenvalue weighted by molar-refractivity contribution is 7.56. The molecule has 20 heavy (non-hydrogen) atoms. The highest BCUT2D eigenvalue weighted by Crippen LogP contribution is 2.59. The van der Waals surface area contributed by atoms with Crippen molar-refractivity contribution in [3.05, 3.63) is 29.8 Å². The maximum absolute atomic E-state index is 6.44. The lowest BCUT2D eigenvalue weighted by Crippen LogP contribution is -2.27.